The van der Waals surface area contributed by atoms with E-state index in [1.807, 2.05) is 0 Å². The summed E-state index contributed by atoms with van der Waals surface area (Å²) in [4.78, 5) is 15.0. The molecular weight excluding hydrogens is 270 g/mol. The summed E-state index contributed by atoms with van der Waals surface area (Å²) in [5.74, 6) is 0.268. The second kappa shape index (κ2) is 6.27. The van der Waals surface area contributed by atoms with Gasteiger partial charge in [-0.05, 0) is 25.7 Å². The van der Waals surface area contributed by atoms with Crippen molar-refractivity contribution in [1.82, 2.24) is 0 Å². The number of nitriles is 1. The molecule has 1 aliphatic rings. The third-order valence-corrected chi connectivity index (χ3v) is 4.77. The molecule has 1 aliphatic carbocycles. The zero-order valence-corrected chi connectivity index (χ0v) is 12.9. The van der Waals surface area contributed by atoms with Crippen LogP contribution in [-0.2, 0) is 0 Å². The van der Waals surface area contributed by atoms with Crippen molar-refractivity contribution in [2.45, 2.75) is 39.5 Å². The summed E-state index contributed by atoms with van der Waals surface area (Å²) in [6.07, 6.45) is 3.94. The van der Waals surface area contributed by atoms with Gasteiger partial charge in [-0.3, -0.25) is 4.79 Å². The largest absolute Gasteiger partial charge is 0.396 e. The fourth-order valence-electron chi connectivity index (χ4n) is 2.33. The molecule has 1 fully saturated rings. The molecule has 108 valence electrons. The molecule has 0 unspecified atom stereocenters. The summed E-state index contributed by atoms with van der Waals surface area (Å²) in [5, 5.41) is 10.2. The van der Waals surface area contributed by atoms with Crippen LogP contribution >= 0.6 is 11.3 Å². The minimum Gasteiger partial charge on any atom is -0.396 e. The second-order valence-corrected chi connectivity index (χ2v) is 6.26. The first kappa shape index (κ1) is 14.9. The summed E-state index contributed by atoms with van der Waals surface area (Å²) < 4.78 is 0. The van der Waals surface area contributed by atoms with Gasteiger partial charge in [0.15, 0.2) is 5.78 Å². The van der Waals surface area contributed by atoms with Gasteiger partial charge in [-0.15, -0.1) is 11.3 Å². The van der Waals surface area contributed by atoms with Crippen molar-refractivity contribution in [2.24, 2.45) is 5.92 Å². The van der Waals surface area contributed by atoms with Crippen LogP contribution in [0.4, 0.5) is 10.7 Å². The number of carbonyl (C=O) groups is 1. The van der Waals surface area contributed by atoms with Crippen LogP contribution in [0.2, 0.25) is 0 Å². The highest BCUT2D eigenvalue weighted by Crippen LogP contribution is 2.42. The standard InChI is InChI=1S/C15H21N3OS/c1-3-7-18(8-4-2)15-11(9-16)12(17)14(20-15)13(19)10-5-6-10/h10H,3-8,17H2,1-2H3. The Morgan fingerprint density at radius 1 is 1.40 bits per heavy atom. The highest BCUT2D eigenvalue weighted by molar-refractivity contribution is 7.19. The lowest BCUT2D eigenvalue weighted by Gasteiger charge is -2.22. The number of carbonyl (C=O) groups excluding carboxylic acids is 1. The minimum absolute atomic E-state index is 0.128. The van der Waals surface area contributed by atoms with Crippen molar-refractivity contribution in [3.05, 3.63) is 10.4 Å². The van der Waals surface area contributed by atoms with E-state index in [1.165, 1.54) is 11.3 Å². The Balaban J connectivity index is 2.38. The smallest absolute Gasteiger partial charge is 0.178 e. The van der Waals surface area contributed by atoms with Gasteiger partial charge in [0.25, 0.3) is 0 Å². The van der Waals surface area contributed by atoms with Crippen LogP contribution in [0.5, 0.6) is 0 Å². The second-order valence-electron chi connectivity index (χ2n) is 5.26. The first-order chi connectivity index (χ1) is 9.63. The number of nitrogens with zero attached hydrogens (tertiary/aromatic N) is 2. The van der Waals surface area contributed by atoms with E-state index in [1.54, 1.807) is 0 Å². The molecule has 4 nitrogen and oxygen atoms in total. The number of hydrogen-bond donors (Lipinski definition) is 1. The monoisotopic (exact) mass is 291 g/mol. The Labute approximate surface area is 124 Å². The third-order valence-electron chi connectivity index (χ3n) is 3.48. The molecule has 5 heteroatoms. The molecule has 2 N–H and O–H groups in total. The molecule has 0 amide bonds. The Bertz CT molecular complexity index is 534. The Morgan fingerprint density at radius 3 is 2.45 bits per heavy atom. The number of thiophene rings is 1. The summed E-state index contributed by atoms with van der Waals surface area (Å²) in [6.45, 7) is 6.00. The van der Waals surface area contributed by atoms with Crippen molar-refractivity contribution >= 4 is 27.8 Å². The zero-order valence-electron chi connectivity index (χ0n) is 12.1. The van der Waals surface area contributed by atoms with Crippen molar-refractivity contribution in [3.63, 3.8) is 0 Å². The topological polar surface area (TPSA) is 70.1 Å². The van der Waals surface area contributed by atoms with E-state index in [0.717, 1.165) is 43.8 Å². The quantitative estimate of drug-likeness (QED) is 0.781. The molecule has 0 saturated heterocycles. The molecule has 2 rings (SSSR count). The molecule has 1 heterocycles. The molecule has 0 atom stereocenters. The molecule has 0 spiro atoms. The molecule has 0 radical (unpaired) electrons. The molecular formula is C15H21N3OS. The van der Waals surface area contributed by atoms with E-state index < -0.39 is 0 Å². The van der Waals surface area contributed by atoms with Crippen LogP contribution < -0.4 is 10.6 Å². The van der Waals surface area contributed by atoms with Gasteiger partial charge in [0.05, 0.1) is 10.6 Å². The van der Waals surface area contributed by atoms with Gasteiger partial charge < -0.3 is 10.6 Å². The van der Waals surface area contributed by atoms with E-state index in [4.69, 9.17) is 5.73 Å². The summed E-state index contributed by atoms with van der Waals surface area (Å²) >= 11 is 1.40. The third kappa shape index (κ3) is 2.80. The molecule has 1 aromatic rings. The molecule has 1 aromatic heterocycles. The number of hydrogen-bond acceptors (Lipinski definition) is 5. The van der Waals surface area contributed by atoms with Crippen LogP contribution in [0.1, 0.15) is 54.8 Å². The van der Waals surface area contributed by atoms with E-state index in [9.17, 15) is 10.1 Å². The van der Waals surface area contributed by atoms with E-state index in [2.05, 4.69) is 24.8 Å². The Hall–Kier alpha value is -1.54. The zero-order chi connectivity index (χ0) is 14.7. The number of ketones is 1. The van der Waals surface area contributed by atoms with Crippen molar-refractivity contribution < 1.29 is 4.79 Å². The first-order valence-electron chi connectivity index (χ1n) is 7.25. The predicted molar refractivity (Wildman–Crippen MR) is 83.3 cm³/mol. The van der Waals surface area contributed by atoms with E-state index in [0.29, 0.717) is 16.1 Å². The van der Waals surface area contributed by atoms with Gasteiger partial charge in [-0.1, -0.05) is 13.8 Å². The van der Waals surface area contributed by atoms with Gasteiger partial charge in [0.2, 0.25) is 0 Å². The van der Waals surface area contributed by atoms with Crippen molar-refractivity contribution in [2.75, 3.05) is 23.7 Å². The summed E-state index contributed by atoms with van der Waals surface area (Å²) in [5.41, 5.74) is 6.93. The first-order valence-corrected chi connectivity index (χ1v) is 8.07. The van der Waals surface area contributed by atoms with Crippen LogP contribution in [0.15, 0.2) is 0 Å². The maximum absolute atomic E-state index is 12.3. The molecule has 20 heavy (non-hydrogen) atoms. The average Bonchev–Trinajstić information content (AvgIpc) is 3.22. The molecule has 0 aliphatic heterocycles. The van der Waals surface area contributed by atoms with Gasteiger partial charge in [0.1, 0.15) is 16.6 Å². The average molecular weight is 291 g/mol. The fraction of sp³-hybridized carbons (Fsp3) is 0.600. The maximum Gasteiger partial charge on any atom is 0.178 e. The Kier molecular flexibility index (Phi) is 4.66. The molecule has 0 aromatic carbocycles. The Morgan fingerprint density at radius 2 is 2.00 bits per heavy atom. The lowest BCUT2D eigenvalue weighted by Crippen LogP contribution is -2.24. The molecule has 1 saturated carbocycles. The number of Topliss-reactive ketones (excluding diaryl/α,β-unsaturated/α-hetero) is 1. The predicted octanol–water partition coefficient (Wildman–Crippen LogP) is 3.42. The summed E-state index contributed by atoms with van der Waals surface area (Å²) in [7, 11) is 0. The minimum atomic E-state index is 0.128. The highest BCUT2D eigenvalue weighted by atomic mass is 32.1. The normalized spacial score (nSPS) is 14.1. The SMILES string of the molecule is CCCN(CCC)c1sc(C(=O)C2CC2)c(N)c1C#N. The highest BCUT2D eigenvalue weighted by Gasteiger charge is 2.34. The summed E-state index contributed by atoms with van der Waals surface area (Å²) in [6, 6.07) is 2.19. The van der Waals surface area contributed by atoms with E-state index >= 15 is 0 Å². The van der Waals surface area contributed by atoms with Gasteiger partial charge in [-0.2, -0.15) is 5.26 Å². The van der Waals surface area contributed by atoms with Gasteiger partial charge in [-0.25, -0.2) is 0 Å². The lowest BCUT2D eigenvalue weighted by atomic mass is 10.1. The van der Waals surface area contributed by atoms with Crippen LogP contribution in [0, 0.1) is 17.2 Å². The fourth-order valence-corrected chi connectivity index (χ4v) is 3.57. The van der Waals surface area contributed by atoms with Crippen LogP contribution in [0.25, 0.3) is 0 Å². The van der Waals surface area contributed by atoms with Crippen LogP contribution in [0.3, 0.4) is 0 Å². The number of anilines is 2. The lowest BCUT2D eigenvalue weighted by molar-refractivity contribution is 0.0972. The van der Waals surface area contributed by atoms with Crippen LogP contribution in [-0.4, -0.2) is 18.9 Å². The van der Waals surface area contributed by atoms with Gasteiger partial charge >= 0.3 is 0 Å². The van der Waals surface area contributed by atoms with Crippen molar-refractivity contribution in [3.8, 4) is 6.07 Å². The van der Waals surface area contributed by atoms with Crippen molar-refractivity contribution in [1.29, 1.82) is 5.26 Å². The maximum atomic E-state index is 12.3. The van der Waals surface area contributed by atoms with E-state index in [-0.39, 0.29) is 11.7 Å². The number of rotatable bonds is 7. The number of nitrogen functional groups attached to an aromatic ring is 1. The number of nitrogens with two attached hydrogens (primary N) is 1. The van der Waals surface area contributed by atoms with Gasteiger partial charge in [0, 0.05) is 19.0 Å². The molecule has 0 bridgehead atoms.